The highest BCUT2D eigenvalue weighted by molar-refractivity contribution is 5.42. The lowest BCUT2D eigenvalue weighted by molar-refractivity contribution is 0.199. The SMILES string of the molecule is CC1=CCN(c2ccc([C@H](C)O)cn2)CC1. The Morgan fingerprint density at radius 3 is 2.75 bits per heavy atom. The number of hydrogen-bond acceptors (Lipinski definition) is 3. The van der Waals surface area contributed by atoms with Crippen molar-refractivity contribution in [1.29, 1.82) is 0 Å². The van der Waals surface area contributed by atoms with Gasteiger partial charge in [0, 0.05) is 19.3 Å². The molecule has 16 heavy (non-hydrogen) atoms. The second-order valence-corrected chi connectivity index (χ2v) is 4.37. The molecule has 0 radical (unpaired) electrons. The van der Waals surface area contributed by atoms with Crippen LogP contribution in [-0.4, -0.2) is 23.2 Å². The molecule has 0 fully saturated rings. The normalized spacial score (nSPS) is 18.2. The van der Waals surface area contributed by atoms with E-state index in [0.717, 1.165) is 30.9 Å². The molecule has 1 aromatic heterocycles. The summed E-state index contributed by atoms with van der Waals surface area (Å²) in [5.74, 6) is 0.994. The highest BCUT2D eigenvalue weighted by Gasteiger charge is 2.11. The number of anilines is 1. The van der Waals surface area contributed by atoms with E-state index < -0.39 is 6.10 Å². The fourth-order valence-electron chi connectivity index (χ4n) is 1.81. The molecular weight excluding hydrogens is 200 g/mol. The van der Waals surface area contributed by atoms with Crippen LogP contribution in [0.5, 0.6) is 0 Å². The highest BCUT2D eigenvalue weighted by Crippen LogP contribution is 2.19. The first kappa shape index (κ1) is 11.1. The third-order valence-corrected chi connectivity index (χ3v) is 3.01. The van der Waals surface area contributed by atoms with Crippen LogP contribution in [0.2, 0.25) is 0 Å². The largest absolute Gasteiger partial charge is 0.389 e. The summed E-state index contributed by atoms with van der Waals surface area (Å²) < 4.78 is 0. The first-order chi connectivity index (χ1) is 7.66. The Hall–Kier alpha value is -1.35. The molecule has 0 spiro atoms. The van der Waals surface area contributed by atoms with Crippen LogP contribution >= 0.6 is 0 Å². The molecule has 0 aromatic carbocycles. The van der Waals surface area contributed by atoms with Gasteiger partial charge in [-0.2, -0.15) is 0 Å². The molecule has 0 saturated carbocycles. The standard InChI is InChI=1S/C13H18N2O/c1-10-5-7-15(8-6-10)13-4-3-12(9-14-13)11(2)16/h3-5,9,11,16H,6-8H2,1-2H3/t11-/m0/s1. The Bertz CT molecular complexity index is 381. The third kappa shape index (κ3) is 2.42. The second kappa shape index (κ2) is 4.66. The van der Waals surface area contributed by atoms with E-state index in [4.69, 9.17) is 0 Å². The van der Waals surface area contributed by atoms with Gasteiger partial charge in [0.2, 0.25) is 0 Å². The van der Waals surface area contributed by atoms with E-state index in [1.807, 2.05) is 12.1 Å². The van der Waals surface area contributed by atoms with Gasteiger partial charge in [0.05, 0.1) is 6.10 Å². The number of hydrogen-bond donors (Lipinski definition) is 1. The molecule has 2 heterocycles. The number of aliphatic hydroxyl groups excluding tert-OH is 1. The molecule has 0 unspecified atom stereocenters. The molecule has 0 saturated heterocycles. The number of nitrogens with zero attached hydrogens (tertiary/aromatic N) is 2. The van der Waals surface area contributed by atoms with E-state index in [-0.39, 0.29) is 0 Å². The summed E-state index contributed by atoms with van der Waals surface area (Å²) in [6, 6.07) is 3.93. The van der Waals surface area contributed by atoms with E-state index in [0.29, 0.717) is 0 Å². The van der Waals surface area contributed by atoms with Gasteiger partial charge in [-0.05, 0) is 31.9 Å². The van der Waals surface area contributed by atoms with Crippen molar-refractivity contribution in [3.63, 3.8) is 0 Å². The average molecular weight is 218 g/mol. The van der Waals surface area contributed by atoms with Crippen LogP contribution in [0.1, 0.15) is 31.9 Å². The average Bonchev–Trinajstić information content (AvgIpc) is 2.30. The Kier molecular flexibility index (Phi) is 3.25. The van der Waals surface area contributed by atoms with E-state index in [1.165, 1.54) is 5.57 Å². The lowest BCUT2D eigenvalue weighted by Crippen LogP contribution is -2.28. The van der Waals surface area contributed by atoms with E-state index in [2.05, 4.69) is 22.9 Å². The van der Waals surface area contributed by atoms with Crippen molar-refractivity contribution in [2.75, 3.05) is 18.0 Å². The monoisotopic (exact) mass is 218 g/mol. The molecule has 0 amide bonds. The zero-order chi connectivity index (χ0) is 11.5. The minimum absolute atomic E-state index is 0.440. The second-order valence-electron chi connectivity index (χ2n) is 4.37. The van der Waals surface area contributed by atoms with Crippen LogP contribution < -0.4 is 4.90 Å². The summed E-state index contributed by atoms with van der Waals surface area (Å²) in [5, 5.41) is 9.40. The van der Waals surface area contributed by atoms with Crippen molar-refractivity contribution in [1.82, 2.24) is 4.98 Å². The van der Waals surface area contributed by atoms with Gasteiger partial charge in [0.25, 0.3) is 0 Å². The summed E-state index contributed by atoms with van der Waals surface area (Å²) >= 11 is 0. The Labute approximate surface area is 96.4 Å². The fraction of sp³-hybridized carbons (Fsp3) is 0.462. The molecule has 2 rings (SSSR count). The quantitative estimate of drug-likeness (QED) is 0.774. The molecule has 0 aliphatic carbocycles. The smallest absolute Gasteiger partial charge is 0.128 e. The van der Waals surface area contributed by atoms with Crippen molar-refractivity contribution >= 4 is 5.82 Å². The molecule has 1 aromatic rings. The molecule has 86 valence electrons. The number of rotatable bonds is 2. The summed E-state index contributed by atoms with van der Waals surface area (Å²) in [4.78, 5) is 6.63. The van der Waals surface area contributed by atoms with Crippen molar-refractivity contribution in [2.24, 2.45) is 0 Å². The third-order valence-electron chi connectivity index (χ3n) is 3.01. The van der Waals surface area contributed by atoms with Crippen molar-refractivity contribution in [2.45, 2.75) is 26.4 Å². The van der Waals surface area contributed by atoms with E-state index in [1.54, 1.807) is 13.1 Å². The lowest BCUT2D eigenvalue weighted by atomic mass is 10.1. The molecule has 1 N–H and O–H groups in total. The van der Waals surface area contributed by atoms with Crippen LogP contribution in [0.15, 0.2) is 30.0 Å². The fourth-order valence-corrected chi connectivity index (χ4v) is 1.81. The van der Waals surface area contributed by atoms with Crippen LogP contribution in [0.25, 0.3) is 0 Å². The maximum atomic E-state index is 9.40. The first-order valence-corrected chi connectivity index (χ1v) is 5.71. The summed E-state index contributed by atoms with van der Waals surface area (Å²) in [5.41, 5.74) is 2.32. The molecule has 3 heteroatoms. The molecule has 1 aliphatic rings. The molecule has 3 nitrogen and oxygen atoms in total. The predicted octanol–water partition coefficient (Wildman–Crippen LogP) is 2.29. The van der Waals surface area contributed by atoms with Crippen molar-refractivity contribution in [3.8, 4) is 0 Å². The van der Waals surface area contributed by atoms with Crippen LogP contribution in [0, 0.1) is 0 Å². The maximum absolute atomic E-state index is 9.40. The Morgan fingerprint density at radius 1 is 1.44 bits per heavy atom. The van der Waals surface area contributed by atoms with Crippen LogP contribution in [-0.2, 0) is 0 Å². The number of aromatic nitrogens is 1. The Morgan fingerprint density at radius 2 is 2.25 bits per heavy atom. The topological polar surface area (TPSA) is 36.4 Å². The highest BCUT2D eigenvalue weighted by atomic mass is 16.3. The predicted molar refractivity (Wildman–Crippen MR) is 65.5 cm³/mol. The van der Waals surface area contributed by atoms with Gasteiger partial charge < -0.3 is 10.0 Å². The minimum Gasteiger partial charge on any atom is -0.389 e. The van der Waals surface area contributed by atoms with Gasteiger partial charge in [-0.1, -0.05) is 17.7 Å². The van der Waals surface area contributed by atoms with Gasteiger partial charge in [-0.15, -0.1) is 0 Å². The van der Waals surface area contributed by atoms with Gasteiger partial charge in [-0.25, -0.2) is 4.98 Å². The van der Waals surface area contributed by atoms with Gasteiger partial charge >= 0.3 is 0 Å². The van der Waals surface area contributed by atoms with Crippen LogP contribution in [0.4, 0.5) is 5.82 Å². The van der Waals surface area contributed by atoms with Crippen molar-refractivity contribution in [3.05, 3.63) is 35.5 Å². The molecule has 1 atom stereocenters. The van der Waals surface area contributed by atoms with Gasteiger partial charge in [0.15, 0.2) is 0 Å². The number of pyridine rings is 1. The zero-order valence-electron chi connectivity index (χ0n) is 9.85. The first-order valence-electron chi connectivity index (χ1n) is 5.71. The zero-order valence-corrected chi connectivity index (χ0v) is 9.85. The molecule has 1 aliphatic heterocycles. The Balaban J connectivity index is 2.10. The summed E-state index contributed by atoms with van der Waals surface area (Å²) in [6.45, 7) is 5.89. The number of aliphatic hydroxyl groups is 1. The van der Waals surface area contributed by atoms with Crippen LogP contribution in [0.3, 0.4) is 0 Å². The molecular formula is C13H18N2O. The van der Waals surface area contributed by atoms with E-state index in [9.17, 15) is 5.11 Å². The van der Waals surface area contributed by atoms with Gasteiger partial charge in [0.1, 0.15) is 5.82 Å². The van der Waals surface area contributed by atoms with E-state index >= 15 is 0 Å². The van der Waals surface area contributed by atoms with Crippen molar-refractivity contribution < 1.29 is 5.11 Å². The minimum atomic E-state index is -0.440. The van der Waals surface area contributed by atoms with Gasteiger partial charge in [-0.3, -0.25) is 0 Å². The molecule has 0 bridgehead atoms. The maximum Gasteiger partial charge on any atom is 0.128 e. The summed E-state index contributed by atoms with van der Waals surface area (Å²) in [6.07, 6.45) is 4.67. The lowest BCUT2D eigenvalue weighted by Gasteiger charge is -2.26. The summed E-state index contributed by atoms with van der Waals surface area (Å²) in [7, 11) is 0.